The molecule has 0 amide bonds. The van der Waals surface area contributed by atoms with E-state index in [4.69, 9.17) is 4.74 Å². The van der Waals surface area contributed by atoms with E-state index >= 15 is 0 Å². The van der Waals surface area contributed by atoms with Gasteiger partial charge >= 0.3 is 0 Å². The molecule has 0 bridgehead atoms. The fraction of sp³-hybridized carbons (Fsp3) is 0.667. The molecule has 0 aromatic carbocycles. The van der Waals surface area contributed by atoms with Crippen LogP contribution in [-0.2, 0) is 14.8 Å². The number of nitrogens with zero attached hydrogens (tertiary/aromatic N) is 1. The molecule has 6 nitrogen and oxygen atoms in total. The highest BCUT2D eigenvalue weighted by atomic mass is 32.2. The van der Waals surface area contributed by atoms with Gasteiger partial charge < -0.3 is 4.74 Å². The van der Waals surface area contributed by atoms with Gasteiger partial charge in [-0.05, 0) is 20.3 Å². The minimum absolute atomic E-state index is 0.241. The maximum atomic E-state index is 11.9. The first-order valence-corrected chi connectivity index (χ1v) is 6.47. The first-order chi connectivity index (χ1) is 7.49. The monoisotopic (exact) mass is 247 g/mol. The number of sulfonamides is 1. The third kappa shape index (κ3) is 3.03. The Morgan fingerprint density at radius 1 is 1.44 bits per heavy atom. The van der Waals surface area contributed by atoms with Crippen molar-refractivity contribution in [3.8, 4) is 0 Å². The average molecular weight is 247 g/mol. The summed E-state index contributed by atoms with van der Waals surface area (Å²) in [5, 5.41) is 6.51. The van der Waals surface area contributed by atoms with Crippen molar-refractivity contribution in [2.75, 3.05) is 20.3 Å². The number of aromatic amines is 1. The fourth-order valence-corrected chi connectivity index (χ4v) is 2.87. The topological polar surface area (TPSA) is 84.1 Å². The Labute approximate surface area is 95.4 Å². The molecule has 7 heteroatoms. The lowest BCUT2D eigenvalue weighted by Gasteiger charge is -2.06. The van der Waals surface area contributed by atoms with Crippen LogP contribution in [0.1, 0.15) is 17.8 Å². The number of aryl methyl sites for hydroxylation is 2. The molecular weight excluding hydrogens is 230 g/mol. The SMILES string of the molecule is COCCCNS(=O)(=O)c1c(C)n[nH]c1C. The van der Waals surface area contributed by atoms with Crippen molar-refractivity contribution in [1.29, 1.82) is 0 Å². The van der Waals surface area contributed by atoms with Crippen molar-refractivity contribution in [3.05, 3.63) is 11.4 Å². The molecule has 92 valence electrons. The highest BCUT2D eigenvalue weighted by Gasteiger charge is 2.21. The molecule has 0 saturated carbocycles. The van der Waals surface area contributed by atoms with E-state index < -0.39 is 10.0 Å². The van der Waals surface area contributed by atoms with E-state index in [2.05, 4.69) is 14.9 Å². The van der Waals surface area contributed by atoms with Gasteiger partial charge in [-0.1, -0.05) is 0 Å². The van der Waals surface area contributed by atoms with E-state index in [0.717, 1.165) is 0 Å². The van der Waals surface area contributed by atoms with Crippen LogP contribution in [-0.4, -0.2) is 38.9 Å². The van der Waals surface area contributed by atoms with Crippen molar-refractivity contribution in [3.63, 3.8) is 0 Å². The molecule has 1 heterocycles. The van der Waals surface area contributed by atoms with Crippen LogP contribution in [0.25, 0.3) is 0 Å². The van der Waals surface area contributed by atoms with E-state index in [-0.39, 0.29) is 4.90 Å². The van der Waals surface area contributed by atoms with Crippen LogP contribution in [0.4, 0.5) is 0 Å². The smallest absolute Gasteiger partial charge is 0.244 e. The summed E-state index contributed by atoms with van der Waals surface area (Å²) in [6.07, 6.45) is 0.645. The standard InChI is InChI=1S/C9H17N3O3S/c1-7-9(8(2)12-11-7)16(13,14)10-5-4-6-15-3/h10H,4-6H2,1-3H3,(H,11,12). The van der Waals surface area contributed by atoms with Crippen LogP contribution < -0.4 is 4.72 Å². The zero-order chi connectivity index (χ0) is 12.2. The minimum Gasteiger partial charge on any atom is -0.385 e. The molecule has 0 aliphatic heterocycles. The quantitative estimate of drug-likeness (QED) is 0.710. The van der Waals surface area contributed by atoms with Crippen LogP contribution in [0, 0.1) is 13.8 Å². The maximum absolute atomic E-state index is 11.9. The minimum atomic E-state index is -3.46. The molecule has 16 heavy (non-hydrogen) atoms. The largest absolute Gasteiger partial charge is 0.385 e. The molecule has 0 fully saturated rings. The van der Waals surface area contributed by atoms with Crippen molar-refractivity contribution < 1.29 is 13.2 Å². The zero-order valence-corrected chi connectivity index (χ0v) is 10.5. The molecule has 0 aliphatic rings. The van der Waals surface area contributed by atoms with Gasteiger partial charge in [0, 0.05) is 20.3 Å². The van der Waals surface area contributed by atoms with Crippen molar-refractivity contribution in [1.82, 2.24) is 14.9 Å². The number of aromatic nitrogens is 2. The zero-order valence-electron chi connectivity index (χ0n) is 9.70. The number of hydrogen-bond donors (Lipinski definition) is 2. The van der Waals surface area contributed by atoms with Crippen molar-refractivity contribution >= 4 is 10.0 Å². The maximum Gasteiger partial charge on any atom is 0.244 e. The molecule has 1 aromatic rings. The molecule has 0 saturated heterocycles. The van der Waals surface area contributed by atoms with Gasteiger partial charge in [0.2, 0.25) is 10.0 Å². The number of H-pyrrole nitrogens is 1. The Kier molecular flexibility index (Phi) is 4.45. The summed E-state index contributed by atoms with van der Waals surface area (Å²) in [6.45, 7) is 4.24. The van der Waals surface area contributed by atoms with Gasteiger partial charge in [-0.2, -0.15) is 5.10 Å². The second kappa shape index (κ2) is 5.42. The van der Waals surface area contributed by atoms with Crippen LogP contribution >= 0.6 is 0 Å². The Balaban J connectivity index is 2.71. The highest BCUT2D eigenvalue weighted by molar-refractivity contribution is 7.89. The molecule has 2 N–H and O–H groups in total. The van der Waals surface area contributed by atoms with E-state index in [1.807, 2.05) is 0 Å². The van der Waals surface area contributed by atoms with Gasteiger partial charge in [-0.25, -0.2) is 13.1 Å². The van der Waals surface area contributed by atoms with Crippen LogP contribution in [0.3, 0.4) is 0 Å². The highest BCUT2D eigenvalue weighted by Crippen LogP contribution is 2.15. The summed E-state index contributed by atoms with van der Waals surface area (Å²) < 4.78 is 31.1. The Hall–Kier alpha value is -0.920. The predicted molar refractivity (Wildman–Crippen MR) is 59.7 cm³/mol. The van der Waals surface area contributed by atoms with Gasteiger partial charge in [-0.3, -0.25) is 5.10 Å². The number of ether oxygens (including phenoxy) is 1. The number of nitrogens with one attached hydrogen (secondary N) is 2. The molecular formula is C9H17N3O3S. The fourth-order valence-electron chi connectivity index (χ4n) is 1.43. The number of rotatable bonds is 6. The summed E-state index contributed by atoms with van der Waals surface area (Å²) in [6, 6.07) is 0. The van der Waals surface area contributed by atoms with Crippen LogP contribution in [0.5, 0.6) is 0 Å². The molecule has 0 spiro atoms. The van der Waals surface area contributed by atoms with Crippen molar-refractivity contribution in [2.24, 2.45) is 0 Å². The molecule has 0 radical (unpaired) electrons. The summed E-state index contributed by atoms with van der Waals surface area (Å²) in [5.74, 6) is 0. The lowest BCUT2D eigenvalue weighted by Crippen LogP contribution is -2.26. The van der Waals surface area contributed by atoms with Gasteiger partial charge in [0.25, 0.3) is 0 Å². The molecule has 0 aliphatic carbocycles. The molecule has 1 rings (SSSR count). The second-order valence-corrected chi connectivity index (χ2v) is 5.21. The number of methoxy groups -OCH3 is 1. The van der Waals surface area contributed by atoms with Crippen LogP contribution in [0.2, 0.25) is 0 Å². The Morgan fingerprint density at radius 3 is 2.62 bits per heavy atom. The predicted octanol–water partition coefficient (Wildman–Crippen LogP) is 0.341. The normalized spacial score (nSPS) is 11.9. The Bertz CT molecular complexity index is 419. The van der Waals surface area contributed by atoms with Gasteiger partial charge in [0.05, 0.1) is 11.4 Å². The third-order valence-electron chi connectivity index (χ3n) is 2.15. The third-order valence-corrected chi connectivity index (χ3v) is 3.87. The first-order valence-electron chi connectivity index (χ1n) is 4.99. The second-order valence-electron chi connectivity index (χ2n) is 3.51. The van der Waals surface area contributed by atoms with E-state index in [9.17, 15) is 8.42 Å². The lowest BCUT2D eigenvalue weighted by atomic mass is 10.4. The van der Waals surface area contributed by atoms with E-state index in [1.54, 1.807) is 21.0 Å². The summed E-state index contributed by atoms with van der Waals surface area (Å²) in [4.78, 5) is 0.241. The van der Waals surface area contributed by atoms with Gasteiger partial charge in [0.15, 0.2) is 0 Å². The van der Waals surface area contributed by atoms with E-state index in [1.165, 1.54) is 0 Å². The Morgan fingerprint density at radius 2 is 2.12 bits per heavy atom. The van der Waals surface area contributed by atoms with Crippen LogP contribution in [0.15, 0.2) is 4.90 Å². The number of hydrogen-bond acceptors (Lipinski definition) is 4. The summed E-state index contributed by atoms with van der Waals surface area (Å²) >= 11 is 0. The molecule has 0 unspecified atom stereocenters. The van der Waals surface area contributed by atoms with Gasteiger partial charge in [0.1, 0.15) is 4.90 Å². The first kappa shape index (κ1) is 13.1. The average Bonchev–Trinajstić information content (AvgIpc) is 2.54. The lowest BCUT2D eigenvalue weighted by molar-refractivity contribution is 0.196. The summed E-state index contributed by atoms with van der Waals surface area (Å²) in [7, 11) is -1.88. The summed E-state index contributed by atoms with van der Waals surface area (Å²) in [5.41, 5.74) is 1.04. The molecule has 1 aromatic heterocycles. The van der Waals surface area contributed by atoms with Gasteiger partial charge in [-0.15, -0.1) is 0 Å². The van der Waals surface area contributed by atoms with E-state index in [0.29, 0.717) is 31.0 Å². The molecule has 0 atom stereocenters. The van der Waals surface area contributed by atoms with Crippen molar-refractivity contribution in [2.45, 2.75) is 25.2 Å².